The van der Waals surface area contributed by atoms with Crippen LogP contribution in [-0.2, 0) is 13.5 Å². The van der Waals surface area contributed by atoms with Crippen molar-refractivity contribution < 1.29 is 4.79 Å². The van der Waals surface area contributed by atoms with Gasteiger partial charge in [0.05, 0.1) is 5.56 Å². The van der Waals surface area contributed by atoms with E-state index in [0.717, 1.165) is 4.47 Å². The van der Waals surface area contributed by atoms with Gasteiger partial charge >= 0.3 is 0 Å². The van der Waals surface area contributed by atoms with Crippen LogP contribution in [0.4, 0.5) is 5.82 Å². The van der Waals surface area contributed by atoms with Crippen LogP contribution in [-0.4, -0.2) is 38.7 Å². The third kappa shape index (κ3) is 4.25. The van der Waals surface area contributed by atoms with E-state index in [4.69, 9.17) is 0 Å². The van der Waals surface area contributed by atoms with E-state index in [9.17, 15) is 4.79 Å². The van der Waals surface area contributed by atoms with Crippen molar-refractivity contribution in [3.63, 3.8) is 0 Å². The fourth-order valence-electron chi connectivity index (χ4n) is 1.80. The first kappa shape index (κ1) is 15.4. The summed E-state index contributed by atoms with van der Waals surface area (Å²) in [5, 5.41) is 10.1. The van der Waals surface area contributed by atoms with Gasteiger partial charge in [-0.3, -0.25) is 9.48 Å². The molecular weight excluding hydrogens is 336 g/mol. The Hall–Kier alpha value is -1.96. The van der Waals surface area contributed by atoms with Gasteiger partial charge in [-0.2, -0.15) is 5.10 Å². The Balaban J connectivity index is 1.97. The van der Waals surface area contributed by atoms with Crippen molar-refractivity contribution in [1.82, 2.24) is 25.1 Å². The largest absolute Gasteiger partial charge is 0.370 e. The van der Waals surface area contributed by atoms with E-state index in [1.54, 1.807) is 23.3 Å². The molecule has 0 spiro atoms. The SMILES string of the molecule is CCNc1ncc(Br)cc1C(=O)NCCc1ncn(C)n1. The van der Waals surface area contributed by atoms with E-state index in [2.05, 4.69) is 41.6 Å². The molecule has 0 saturated heterocycles. The quantitative estimate of drug-likeness (QED) is 0.820. The second-order valence-corrected chi connectivity index (χ2v) is 5.34. The molecular formula is C13H17BrN6O. The Labute approximate surface area is 131 Å². The summed E-state index contributed by atoms with van der Waals surface area (Å²) in [7, 11) is 1.81. The van der Waals surface area contributed by atoms with Gasteiger partial charge in [0.1, 0.15) is 12.1 Å². The summed E-state index contributed by atoms with van der Waals surface area (Å²) < 4.78 is 2.40. The standard InChI is InChI=1S/C13H17BrN6O/c1-3-15-12-10(6-9(14)7-17-12)13(21)16-5-4-11-18-8-20(2)19-11/h6-8H,3-5H2,1-2H3,(H,15,17)(H,16,21). The fraction of sp³-hybridized carbons (Fsp3) is 0.385. The van der Waals surface area contributed by atoms with Crippen LogP contribution in [0.2, 0.25) is 0 Å². The first-order valence-electron chi connectivity index (χ1n) is 6.62. The third-order valence-corrected chi connectivity index (χ3v) is 3.16. The molecule has 0 unspecified atom stereocenters. The fourth-order valence-corrected chi connectivity index (χ4v) is 2.13. The molecule has 0 bridgehead atoms. The highest BCUT2D eigenvalue weighted by Crippen LogP contribution is 2.17. The lowest BCUT2D eigenvalue weighted by Gasteiger charge is -2.10. The molecule has 2 aromatic heterocycles. The zero-order valence-corrected chi connectivity index (χ0v) is 13.5. The van der Waals surface area contributed by atoms with Crippen LogP contribution < -0.4 is 10.6 Å². The monoisotopic (exact) mass is 352 g/mol. The summed E-state index contributed by atoms with van der Waals surface area (Å²) in [4.78, 5) is 20.6. The maximum atomic E-state index is 12.2. The van der Waals surface area contributed by atoms with Gasteiger partial charge in [0, 0.05) is 37.2 Å². The molecule has 0 atom stereocenters. The second kappa shape index (κ2) is 7.16. The lowest BCUT2D eigenvalue weighted by Crippen LogP contribution is -2.27. The lowest BCUT2D eigenvalue weighted by molar-refractivity contribution is 0.0954. The van der Waals surface area contributed by atoms with Crippen LogP contribution in [0.3, 0.4) is 0 Å². The molecule has 2 aromatic rings. The van der Waals surface area contributed by atoms with Crippen molar-refractivity contribution in [2.75, 3.05) is 18.4 Å². The van der Waals surface area contributed by atoms with Crippen LogP contribution in [0.15, 0.2) is 23.1 Å². The van der Waals surface area contributed by atoms with Gasteiger partial charge in [-0.1, -0.05) is 0 Å². The van der Waals surface area contributed by atoms with Crippen molar-refractivity contribution >= 4 is 27.7 Å². The normalized spacial score (nSPS) is 10.4. The summed E-state index contributed by atoms with van der Waals surface area (Å²) in [5.74, 6) is 1.11. The van der Waals surface area contributed by atoms with Gasteiger partial charge in [-0.05, 0) is 28.9 Å². The van der Waals surface area contributed by atoms with Crippen LogP contribution in [0.1, 0.15) is 23.1 Å². The number of carbonyl (C=O) groups excluding carboxylic acids is 1. The molecule has 0 aromatic carbocycles. The van der Waals surface area contributed by atoms with Crippen LogP contribution in [0.25, 0.3) is 0 Å². The van der Waals surface area contributed by atoms with Crippen molar-refractivity contribution in [3.8, 4) is 0 Å². The van der Waals surface area contributed by atoms with Gasteiger partial charge in [-0.15, -0.1) is 0 Å². The number of anilines is 1. The molecule has 2 N–H and O–H groups in total. The number of nitrogens with zero attached hydrogens (tertiary/aromatic N) is 4. The van der Waals surface area contributed by atoms with Crippen molar-refractivity contribution in [1.29, 1.82) is 0 Å². The maximum Gasteiger partial charge on any atom is 0.255 e. The molecule has 7 nitrogen and oxygen atoms in total. The van der Waals surface area contributed by atoms with Crippen LogP contribution in [0, 0.1) is 0 Å². The number of halogens is 1. The highest BCUT2D eigenvalue weighted by Gasteiger charge is 2.13. The molecule has 0 fully saturated rings. The number of nitrogens with one attached hydrogen (secondary N) is 2. The third-order valence-electron chi connectivity index (χ3n) is 2.72. The number of amides is 1. The minimum Gasteiger partial charge on any atom is -0.370 e. The predicted octanol–water partition coefficient (Wildman–Crippen LogP) is 1.38. The molecule has 8 heteroatoms. The minimum atomic E-state index is -0.171. The van der Waals surface area contributed by atoms with Gasteiger partial charge in [-0.25, -0.2) is 9.97 Å². The molecule has 0 aliphatic carbocycles. The lowest BCUT2D eigenvalue weighted by atomic mass is 10.2. The zero-order valence-electron chi connectivity index (χ0n) is 11.9. The van der Waals surface area contributed by atoms with E-state index in [0.29, 0.717) is 36.7 Å². The average molecular weight is 353 g/mol. The van der Waals surface area contributed by atoms with Crippen molar-refractivity contribution in [2.24, 2.45) is 7.05 Å². The Morgan fingerprint density at radius 3 is 2.90 bits per heavy atom. The Kier molecular flexibility index (Phi) is 5.26. The summed E-state index contributed by atoms with van der Waals surface area (Å²) >= 11 is 3.33. The molecule has 0 radical (unpaired) electrons. The topological polar surface area (TPSA) is 84.7 Å². The van der Waals surface area contributed by atoms with Gasteiger partial charge < -0.3 is 10.6 Å². The van der Waals surface area contributed by atoms with E-state index < -0.39 is 0 Å². The summed E-state index contributed by atoms with van der Waals surface area (Å²) in [5.41, 5.74) is 0.514. The zero-order chi connectivity index (χ0) is 15.2. The van der Waals surface area contributed by atoms with Crippen molar-refractivity contribution in [2.45, 2.75) is 13.3 Å². The number of hydrogen-bond donors (Lipinski definition) is 2. The first-order valence-corrected chi connectivity index (χ1v) is 7.41. The Bertz CT molecular complexity index is 627. The second-order valence-electron chi connectivity index (χ2n) is 4.42. The Morgan fingerprint density at radius 1 is 1.43 bits per heavy atom. The van der Waals surface area contributed by atoms with Gasteiger partial charge in [0.15, 0.2) is 5.82 Å². The summed E-state index contributed by atoms with van der Waals surface area (Å²) in [6.07, 6.45) is 3.88. The number of rotatable bonds is 6. The minimum absolute atomic E-state index is 0.171. The molecule has 21 heavy (non-hydrogen) atoms. The number of aromatic nitrogens is 4. The van der Waals surface area contributed by atoms with E-state index in [-0.39, 0.29) is 5.91 Å². The number of pyridine rings is 1. The van der Waals surface area contributed by atoms with E-state index in [1.165, 1.54) is 0 Å². The summed E-state index contributed by atoms with van der Waals surface area (Å²) in [6, 6.07) is 1.75. The molecule has 1 amide bonds. The number of aryl methyl sites for hydroxylation is 1. The molecule has 0 aliphatic heterocycles. The van der Waals surface area contributed by atoms with E-state index >= 15 is 0 Å². The molecule has 2 rings (SSSR count). The molecule has 112 valence electrons. The average Bonchev–Trinajstić information content (AvgIpc) is 2.86. The first-order chi connectivity index (χ1) is 10.1. The number of carbonyl (C=O) groups is 1. The highest BCUT2D eigenvalue weighted by atomic mass is 79.9. The number of hydrogen-bond acceptors (Lipinski definition) is 5. The molecule has 2 heterocycles. The van der Waals surface area contributed by atoms with Gasteiger partial charge in [0.25, 0.3) is 5.91 Å². The Morgan fingerprint density at radius 2 is 2.24 bits per heavy atom. The smallest absolute Gasteiger partial charge is 0.255 e. The predicted molar refractivity (Wildman–Crippen MR) is 83.1 cm³/mol. The summed E-state index contributed by atoms with van der Waals surface area (Å²) in [6.45, 7) is 3.13. The highest BCUT2D eigenvalue weighted by molar-refractivity contribution is 9.10. The molecule has 0 saturated carbocycles. The van der Waals surface area contributed by atoms with E-state index in [1.807, 2.05) is 14.0 Å². The van der Waals surface area contributed by atoms with Crippen LogP contribution >= 0.6 is 15.9 Å². The van der Waals surface area contributed by atoms with Crippen LogP contribution in [0.5, 0.6) is 0 Å². The molecule has 0 aliphatic rings. The van der Waals surface area contributed by atoms with Crippen molar-refractivity contribution in [3.05, 3.63) is 34.5 Å². The maximum absolute atomic E-state index is 12.2. The van der Waals surface area contributed by atoms with Gasteiger partial charge in [0.2, 0.25) is 0 Å².